The number of thiocarbonyl (C=S) groups is 1. The maximum atomic E-state index is 11.8. The SMILES string of the molecule is COCC(=O)Nc1ccc(N2C(=S)NC(c3ccccn3)C2c2cccn2C(C)C)cc1. The number of hydrogen-bond donors (Lipinski definition) is 2. The monoisotopic (exact) mass is 449 g/mol. The molecule has 1 fully saturated rings. The first kappa shape index (κ1) is 22.0. The molecule has 32 heavy (non-hydrogen) atoms. The minimum atomic E-state index is -0.193. The Morgan fingerprint density at radius 3 is 2.62 bits per heavy atom. The lowest BCUT2D eigenvalue weighted by atomic mass is 10.0. The van der Waals surface area contributed by atoms with Crippen LogP contribution in [-0.2, 0) is 9.53 Å². The molecule has 0 spiro atoms. The molecule has 166 valence electrons. The van der Waals surface area contributed by atoms with Crippen LogP contribution < -0.4 is 15.5 Å². The highest BCUT2D eigenvalue weighted by Crippen LogP contribution is 2.42. The Balaban J connectivity index is 1.72. The van der Waals surface area contributed by atoms with E-state index in [4.69, 9.17) is 17.0 Å². The second-order valence-electron chi connectivity index (χ2n) is 7.96. The first-order valence-corrected chi connectivity index (χ1v) is 11.0. The van der Waals surface area contributed by atoms with Crippen LogP contribution in [0.2, 0.25) is 0 Å². The summed E-state index contributed by atoms with van der Waals surface area (Å²) in [6.45, 7) is 4.35. The number of nitrogens with zero attached hydrogens (tertiary/aromatic N) is 3. The van der Waals surface area contributed by atoms with Gasteiger partial charge in [0.05, 0.1) is 11.7 Å². The van der Waals surface area contributed by atoms with Gasteiger partial charge in [-0.05, 0) is 74.6 Å². The molecular weight excluding hydrogens is 422 g/mol. The molecular formula is C24H27N5O2S. The first-order valence-electron chi connectivity index (χ1n) is 10.6. The molecule has 2 aromatic heterocycles. The van der Waals surface area contributed by atoms with Crippen molar-refractivity contribution < 1.29 is 9.53 Å². The minimum Gasteiger partial charge on any atom is -0.375 e. The molecule has 1 saturated heterocycles. The first-order chi connectivity index (χ1) is 15.5. The lowest BCUT2D eigenvalue weighted by Crippen LogP contribution is -2.30. The largest absolute Gasteiger partial charge is 0.375 e. The van der Waals surface area contributed by atoms with Crippen LogP contribution >= 0.6 is 12.2 Å². The van der Waals surface area contributed by atoms with Crippen molar-refractivity contribution in [2.24, 2.45) is 0 Å². The van der Waals surface area contributed by atoms with E-state index >= 15 is 0 Å². The average molecular weight is 450 g/mol. The topological polar surface area (TPSA) is 71.4 Å². The highest BCUT2D eigenvalue weighted by Gasteiger charge is 2.42. The molecule has 1 aromatic carbocycles. The molecule has 2 unspecified atom stereocenters. The molecule has 0 bridgehead atoms. The van der Waals surface area contributed by atoms with Gasteiger partial charge in [0.25, 0.3) is 0 Å². The number of pyridine rings is 1. The van der Waals surface area contributed by atoms with Gasteiger partial charge in [-0.25, -0.2) is 0 Å². The lowest BCUT2D eigenvalue weighted by Gasteiger charge is -2.30. The van der Waals surface area contributed by atoms with Crippen molar-refractivity contribution >= 4 is 34.6 Å². The van der Waals surface area contributed by atoms with Gasteiger partial charge in [0.15, 0.2) is 5.11 Å². The number of rotatable bonds is 7. The Morgan fingerprint density at radius 1 is 1.19 bits per heavy atom. The number of methoxy groups -OCH3 is 1. The molecule has 8 heteroatoms. The van der Waals surface area contributed by atoms with Crippen molar-refractivity contribution in [1.29, 1.82) is 0 Å². The van der Waals surface area contributed by atoms with Gasteiger partial charge < -0.3 is 24.8 Å². The zero-order valence-electron chi connectivity index (χ0n) is 18.4. The fourth-order valence-corrected chi connectivity index (χ4v) is 4.44. The summed E-state index contributed by atoms with van der Waals surface area (Å²) in [5.41, 5.74) is 3.73. The fourth-order valence-electron chi connectivity index (χ4n) is 4.10. The number of ether oxygens (including phenoxy) is 1. The fraction of sp³-hybridized carbons (Fsp3) is 0.292. The molecule has 1 amide bonds. The van der Waals surface area contributed by atoms with Crippen LogP contribution in [0.3, 0.4) is 0 Å². The van der Waals surface area contributed by atoms with E-state index in [1.54, 1.807) is 6.20 Å². The molecule has 3 heterocycles. The van der Waals surface area contributed by atoms with Crippen molar-refractivity contribution in [2.45, 2.75) is 32.0 Å². The molecule has 1 aliphatic rings. The summed E-state index contributed by atoms with van der Waals surface area (Å²) in [5.74, 6) is -0.193. The Labute approximate surface area is 193 Å². The van der Waals surface area contributed by atoms with Crippen LogP contribution in [0.15, 0.2) is 67.0 Å². The predicted molar refractivity (Wildman–Crippen MR) is 130 cm³/mol. The molecule has 4 rings (SSSR count). The van der Waals surface area contributed by atoms with Gasteiger partial charge in [-0.2, -0.15) is 0 Å². The van der Waals surface area contributed by atoms with Gasteiger partial charge >= 0.3 is 0 Å². The van der Waals surface area contributed by atoms with Crippen molar-refractivity contribution in [3.05, 3.63) is 78.4 Å². The average Bonchev–Trinajstić information content (AvgIpc) is 3.39. The van der Waals surface area contributed by atoms with Crippen molar-refractivity contribution in [3.63, 3.8) is 0 Å². The summed E-state index contributed by atoms with van der Waals surface area (Å²) in [7, 11) is 1.50. The third kappa shape index (κ3) is 4.37. The highest BCUT2D eigenvalue weighted by molar-refractivity contribution is 7.80. The normalized spacial score (nSPS) is 18.1. The number of carbonyl (C=O) groups excluding carboxylic acids is 1. The molecule has 3 aromatic rings. The van der Waals surface area contributed by atoms with Gasteiger partial charge in [0, 0.05) is 42.6 Å². The molecule has 0 aliphatic carbocycles. The van der Waals surface area contributed by atoms with Crippen molar-refractivity contribution in [3.8, 4) is 0 Å². The molecule has 0 radical (unpaired) electrons. The van der Waals surface area contributed by atoms with Crippen LogP contribution in [0.1, 0.15) is 43.4 Å². The van der Waals surface area contributed by atoms with Gasteiger partial charge in [-0.1, -0.05) is 6.07 Å². The van der Waals surface area contributed by atoms with E-state index in [-0.39, 0.29) is 24.6 Å². The summed E-state index contributed by atoms with van der Waals surface area (Å²) < 4.78 is 7.15. The Morgan fingerprint density at radius 2 is 1.97 bits per heavy atom. The van der Waals surface area contributed by atoms with Gasteiger partial charge in [0.2, 0.25) is 5.91 Å². The Kier molecular flexibility index (Phi) is 6.53. The zero-order valence-corrected chi connectivity index (χ0v) is 19.2. The molecule has 2 N–H and O–H groups in total. The van der Waals surface area contributed by atoms with Crippen LogP contribution in [0.4, 0.5) is 11.4 Å². The molecule has 0 saturated carbocycles. The summed E-state index contributed by atoms with van der Waals surface area (Å²) >= 11 is 5.79. The quantitative estimate of drug-likeness (QED) is 0.526. The maximum absolute atomic E-state index is 11.8. The number of carbonyl (C=O) groups is 1. The molecule has 7 nitrogen and oxygen atoms in total. The summed E-state index contributed by atoms with van der Waals surface area (Å²) in [4.78, 5) is 18.6. The zero-order chi connectivity index (χ0) is 22.7. The Bertz CT molecular complexity index is 1080. The minimum absolute atomic E-state index is 0.0158. The smallest absolute Gasteiger partial charge is 0.250 e. The van der Waals surface area contributed by atoms with E-state index in [0.29, 0.717) is 16.8 Å². The van der Waals surface area contributed by atoms with Crippen LogP contribution in [0.5, 0.6) is 0 Å². The lowest BCUT2D eigenvalue weighted by molar-refractivity contribution is -0.119. The van der Waals surface area contributed by atoms with Crippen LogP contribution in [0.25, 0.3) is 0 Å². The summed E-state index contributed by atoms with van der Waals surface area (Å²) in [5, 5.41) is 6.94. The van der Waals surface area contributed by atoms with E-state index in [9.17, 15) is 4.79 Å². The van der Waals surface area contributed by atoms with E-state index in [1.165, 1.54) is 7.11 Å². The summed E-state index contributed by atoms with van der Waals surface area (Å²) in [6, 6.07) is 17.9. The third-order valence-electron chi connectivity index (χ3n) is 5.47. The van der Waals surface area contributed by atoms with E-state index in [0.717, 1.165) is 17.1 Å². The molecule has 2 atom stereocenters. The predicted octanol–water partition coefficient (Wildman–Crippen LogP) is 4.23. The highest BCUT2D eigenvalue weighted by atomic mass is 32.1. The maximum Gasteiger partial charge on any atom is 0.250 e. The standard InChI is InChI=1S/C24H27N5O2S/c1-16(2)28-14-6-8-20(28)23-22(19-7-4-5-13-25-19)27-24(32)29(23)18-11-9-17(10-12-18)26-21(30)15-31-3/h4-14,16,22-23H,15H2,1-3H3,(H,26,30)(H,27,32). The number of hydrogen-bond acceptors (Lipinski definition) is 4. The van der Waals surface area contributed by atoms with Crippen LogP contribution in [0, 0.1) is 0 Å². The van der Waals surface area contributed by atoms with E-state index < -0.39 is 0 Å². The van der Waals surface area contributed by atoms with Crippen molar-refractivity contribution in [2.75, 3.05) is 23.9 Å². The Hall–Kier alpha value is -3.23. The number of aromatic nitrogens is 2. The van der Waals surface area contributed by atoms with Crippen LogP contribution in [-0.4, -0.2) is 34.3 Å². The van der Waals surface area contributed by atoms with E-state index in [2.05, 4.69) is 57.3 Å². The number of nitrogens with one attached hydrogen (secondary N) is 2. The second kappa shape index (κ2) is 9.50. The summed E-state index contributed by atoms with van der Waals surface area (Å²) in [6.07, 6.45) is 3.90. The van der Waals surface area contributed by atoms with Gasteiger partial charge in [-0.15, -0.1) is 0 Å². The number of amides is 1. The van der Waals surface area contributed by atoms with E-state index in [1.807, 2.05) is 42.5 Å². The van der Waals surface area contributed by atoms with Gasteiger partial charge in [-0.3, -0.25) is 9.78 Å². The van der Waals surface area contributed by atoms with Crippen molar-refractivity contribution in [1.82, 2.24) is 14.9 Å². The van der Waals surface area contributed by atoms with Gasteiger partial charge in [0.1, 0.15) is 12.6 Å². The second-order valence-corrected chi connectivity index (χ2v) is 8.35. The number of benzene rings is 1. The molecule has 1 aliphatic heterocycles. The third-order valence-corrected chi connectivity index (χ3v) is 5.79. The number of anilines is 2.